The molecule has 0 saturated carbocycles. The number of piperazine rings is 1. The summed E-state index contributed by atoms with van der Waals surface area (Å²) < 4.78 is 35.8. The molecule has 2 atom stereocenters. The zero-order valence-corrected chi connectivity index (χ0v) is 14.1. The predicted octanol–water partition coefficient (Wildman–Crippen LogP) is 1.71. The maximum atomic E-state index is 14.4. The van der Waals surface area contributed by atoms with E-state index in [9.17, 15) is 13.2 Å². The van der Waals surface area contributed by atoms with Gasteiger partial charge in [0.25, 0.3) is 0 Å². The van der Waals surface area contributed by atoms with Gasteiger partial charge in [0.05, 0.1) is 5.69 Å². The van der Waals surface area contributed by atoms with E-state index in [4.69, 9.17) is 0 Å². The van der Waals surface area contributed by atoms with Crippen molar-refractivity contribution < 1.29 is 13.2 Å². The minimum atomic E-state index is -2.22. The second-order valence-corrected chi connectivity index (χ2v) is 6.67. The molecule has 0 radical (unpaired) electrons. The summed E-state index contributed by atoms with van der Waals surface area (Å²) >= 11 is -2.22. The van der Waals surface area contributed by atoms with Crippen molar-refractivity contribution in [3.05, 3.63) is 48.0 Å². The Kier molecular flexibility index (Phi) is 5.06. The molecule has 0 spiro atoms. The maximum Gasteiger partial charge on any atom is 0.225 e. The summed E-state index contributed by atoms with van der Waals surface area (Å²) in [6, 6.07) is 6.51. The standard InChI is InChI=1S/C16H19FN4O2S/c1-12-10-20(7-8-21(12)16-18-5-2-6-19-16)15-4-3-13(9-14(15)17)11-24(22)23/h2-6,9,12H,7-8,10-11H2,1H3,(H,22,23)/p-1/t12-/m1/s1. The van der Waals surface area contributed by atoms with Crippen LogP contribution in [0.4, 0.5) is 16.0 Å². The first-order valence-corrected chi connectivity index (χ1v) is 8.92. The minimum Gasteiger partial charge on any atom is -0.772 e. The molecule has 8 heteroatoms. The molecule has 24 heavy (non-hydrogen) atoms. The number of hydrogen-bond donors (Lipinski definition) is 0. The van der Waals surface area contributed by atoms with E-state index >= 15 is 0 Å². The van der Waals surface area contributed by atoms with Gasteiger partial charge < -0.3 is 14.4 Å². The Morgan fingerprint density at radius 3 is 2.71 bits per heavy atom. The average molecular weight is 349 g/mol. The molecule has 1 fully saturated rings. The molecule has 0 bridgehead atoms. The molecule has 1 aliphatic heterocycles. The van der Waals surface area contributed by atoms with E-state index in [-0.39, 0.29) is 11.8 Å². The molecule has 0 amide bonds. The smallest absolute Gasteiger partial charge is 0.225 e. The third kappa shape index (κ3) is 3.70. The highest BCUT2D eigenvalue weighted by molar-refractivity contribution is 7.78. The van der Waals surface area contributed by atoms with Crippen LogP contribution >= 0.6 is 0 Å². The van der Waals surface area contributed by atoms with E-state index in [0.29, 0.717) is 36.8 Å². The monoisotopic (exact) mass is 349 g/mol. The summed E-state index contributed by atoms with van der Waals surface area (Å²) in [5, 5.41) is 0. The van der Waals surface area contributed by atoms with Crippen molar-refractivity contribution in [3.63, 3.8) is 0 Å². The van der Waals surface area contributed by atoms with E-state index < -0.39 is 16.9 Å². The van der Waals surface area contributed by atoms with Gasteiger partial charge in [-0.25, -0.2) is 14.4 Å². The van der Waals surface area contributed by atoms with Gasteiger partial charge in [0.2, 0.25) is 5.95 Å². The zero-order chi connectivity index (χ0) is 17.1. The molecule has 1 aliphatic rings. The van der Waals surface area contributed by atoms with Crippen molar-refractivity contribution in [1.82, 2.24) is 9.97 Å². The molecule has 1 aromatic heterocycles. The molecule has 128 valence electrons. The summed E-state index contributed by atoms with van der Waals surface area (Å²) in [6.07, 6.45) is 3.42. The second kappa shape index (κ2) is 7.23. The predicted molar refractivity (Wildman–Crippen MR) is 90.1 cm³/mol. The summed E-state index contributed by atoms with van der Waals surface area (Å²) in [5.41, 5.74) is 0.949. The van der Waals surface area contributed by atoms with Crippen LogP contribution in [0.1, 0.15) is 12.5 Å². The number of rotatable bonds is 4. The Hall–Kier alpha value is -2.06. The number of hydrogen-bond acceptors (Lipinski definition) is 6. The van der Waals surface area contributed by atoms with Crippen molar-refractivity contribution in [2.45, 2.75) is 18.7 Å². The third-order valence-corrected chi connectivity index (χ3v) is 4.64. The van der Waals surface area contributed by atoms with Crippen molar-refractivity contribution in [2.24, 2.45) is 0 Å². The van der Waals surface area contributed by atoms with Crippen LogP contribution in [0.2, 0.25) is 0 Å². The number of halogens is 1. The average Bonchev–Trinajstić information content (AvgIpc) is 2.55. The lowest BCUT2D eigenvalue weighted by atomic mass is 10.1. The minimum absolute atomic E-state index is 0.134. The van der Waals surface area contributed by atoms with Gasteiger partial charge in [0.1, 0.15) is 5.82 Å². The van der Waals surface area contributed by atoms with Gasteiger partial charge in [0, 0.05) is 43.8 Å². The Labute approximate surface area is 142 Å². The van der Waals surface area contributed by atoms with Gasteiger partial charge in [-0.3, -0.25) is 4.21 Å². The second-order valence-electron chi connectivity index (χ2n) is 5.77. The van der Waals surface area contributed by atoms with Gasteiger partial charge in [-0.05, 0) is 30.7 Å². The summed E-state index contributed by atoms with van der Waals surface area (Å²) in [6.45, 7) is 4.03. The molecule has 1 saturated heterocycles. The van der Waals surface area contributed by atoms with E-state index in [0.717, 1.165) is 0 Å². The van der Waals surface area contributed by atoms with E-state index in [1.807, 2.05) is 4.90 Å². The highest BCUT2D eigenvalue weighted by atomic mass is 32.2. The molecule has 1 aromatic carbocycles. The van der Waals surface area contributed by atoms with E-state index in [2.05, 4.69) is 21.8 Å². The fraction of sp³-hybridized carbons (Fsp3) is 0.375. The topological polar surface area (TPSA) is 72.4 Å². The largest absolute Gasteiger partial charge is 0.772 e. The van der Waals surface area contributed by atoms with Gasteiger partial charge in [0.15, 0.2) is 0 Å². The Morgan fingerprint density at radius 2 is 2.08 bits per heavy atom. The third-order valence-electron chi connectivity index (χ3n) is 4.07. The van der Waals surface area contributed by atoms with E-state index in [1.165, 1.54) is 6.07 Å². The lowest BCUT2D eigenvalue weighted by molar-refractivity contribution is 0.528. The van der Waals surface area contributed by atoms with Crippen LogP contribution in [0.25, 0.3) is 0 Å². The molecule has 3 rings (SSSR count). The first-order chi connectivity index (χ1) is 11.5. The SMILES string of the molecule is C[C@@H]1CN(c2ccc(CS(=O)[O-])cc2F)CCN1c1ncccn1. The van der Waals surface area contributed by atoms with Gasteiger partial charge in [-0.2, -0.15) is 0 Å². The van der Waals surface area contributed by atoms with E-state index in [1.54, 1.807) is 30.6 Å². The quantitative estimate of drug-likeness (QED) is 0.783. The highest BCUT2D eigenvalue weighted by Gasteiger charge is 2.26. The molecule has 6 nitrogen and oxygen atoms in total. The molecular formula is C16H18FN4O2S-. The number of aromatic nitrogens is 2. The number of anilines is 2. The van der Waals surface area contributed by atoms with Gasteiger partial charge in [-0.1, -0.05) is 17.1 Å². The zero-order valence-electron chi connectivity index (χ0n) is 13.3. The first-order valence-electron chi connectivity index (χ1n) is 7.67. The fourth-order valence-corrected chi connectivity index (χ4v) is 3.40. The molecule has 2 aromatic rings. The fourth-order valence-electron chi connectivity index (χ4n) is 2.95. The molecule has 1 unspecified atom stereocenters. The normalized spacial score (nSPS) is 19.4. The van der Waals surface area contributed by atoms with Crippen LogP contribution in [0.15, 0.2) is 36.7 Å². The first kappa shape index (κ1) is 16.8. The van der Waals surface area contributed by atoms with Crippen LogP contribution in [-0.4, -0.2) is 44.4 Å². The summed E-state index contributed by atoms with van der Waals surface area (Å²) in [4.78, 5) is 12.6. The number of benzene rings is 1. The Balaban J connectivity index is 1.73. The maximum absolute atomic E-state index is 14.4. The van der Waals surface area contributed by atoms with Gasteiger partial charge in [-0.15, -0.1) is 0 Å². The van der Waals surface area contributed by atoms with Crippen molar-refractivity contribution in [1.29, 1.82) is 0 Å². The lowest BCUT2D eigenvalue weighted by Crippen LogP contribution is -2.53. The molecule has 0 N–H and O–H groups in total. The summed E-state index contributed by atoms with van der Waals surface area (Å²) in [5.74, 6) is 0.111. The van der Waals surface area contributed by atoms with Crippen LogP contribution in [0.5, 0.6) is 0 Å². The highest BCUT2D eigenvalue weighted by Crippen LogP contribution is 2.25. The van der Waals surface area contributed by atoms with Crippen molar-refractivity contribution in [3.8, 4) is 0 Å². The molecule has 2 heterocycles. The number of nitrogens with zero attached hydrogens (tertiary/aromatic N) is 4. The van der Waals surface area contributed by atoms with Crippen molar-refractivity contribution >= 4 is 22.7 Å². The van der Waals surface area contributed by atoms with Gasteiger partial charge >= 0.3 is 0 Å². The van der Waals surface area contributed by atoms with Crippen molar-refractivity contribution in [2.75, 3.05) is 29.4 Å². The molecule has 0 aliphatic carbocycles. The van der Waals surface area contributed by atoms with Crippen LogP contribution in [0.3, 0.4) is 0 Å². The lowest BCUT2D eigenvalue weighted by Gasteiger charge is -2.41. The van der Waals surface area contributed by atoms with Crippen LogP contribution in [0, 0.1) is 5.82 Å². The van der Waals surface area contributed by atoms with Crippen LogP contribution in [-0.2, 0) is 16.8 Å². The Morgan fingerprint density at radius 1 is 1.33 bits per heavy atom. The Bertz CT molecular complexity index is 731. The summed E-state index contributed by atoms with van der Waals surface area (Å²) in [7, 11) is 0. The van der Waals surface area contributed by atoms with Crippen LogP contribution < -0.4 is 9.80 Å². The molecular weight excluding hydrogens is 331 g/mol.